The largest absolute Gasteiger partial charge is 0.145 e. The van der Waals surface area contributed by atoms with Crippen molar-refractivity contribution in [3.8, 4) is 0 Å². The highest BCUT2D eigenvalue weighted by Gasteiger charge is 1.88. The molecule has 0 amide bonds. The number of rotatable bonds is 1. The van der Waals surface area contributed by atoms with Gasteiger partial charge in [-0.25, -0.2) is 0 Å². The van der Waals surface area contributed by atoms with Gasteiger partial charge in [-0.1, -0.05) is 13.6 Å². The van der Waals surface area contributed by atoms with Crippen LogP contribution >= 0.6 is 15.9 Å². The third-order valence-corrected chi connectivity index (χ3v) is 1.60. The molecule has 0 spiro atoms. The van der Waals surface area contributed by atoms with Gasteiger partial charge in [-0.05, 0) is 5.23 Å². The lowest BCUT2D eigenvalue weighted by Gasteiger charge is -1.82. The molecule has 0 bridgehead atoms. The van der Waals surface area contributed by atoms with Crippen molar-refractivity contribution in [2.75, 3.05) is 5.23 Å². The summed E-state index contributed by atoms with van der Waals surface area (Å²) in [4.78, 5) is 0. The van der Waals surface area contributed by atoms with Crippen molar-refractivity contribution in [2.24, 2.45) is 0 Å². The van der Waals surface area contributed by atoms with Crippen molar-refractivity contribution in [1.29, 1.82) is 0 Å². The maximum Gasteiger partial charge on any atom is 0.145 e. The monoisotopic (exact) mass is 134 g/mol. The molecule has 0 nitrogen and oxygen atoms in total. The zero-order valence-corrected chi connectivity index (χ0v) is 5.25. The average Bonchev–Trinajstić information content (AvgIpc) is 1.38. The Morgan fingerprint density at radius 2 is 1.80 bits per heavy atom. The van der Waals surface area contributed by atoms with Crippen LogP contribution < -0.4 is 0 Å². The molecule has 0 radical (unpaired) electrons. The van der Waals surface area contributed by atoms with Gasteiger partial charge in [0.05, 0.1) is 0 Å². The van der Waals surface area contributed by atoms with E-state index in [1.54, 1.807) is 0 Å². The zero-order chi connectivity index (χ0) is 4.28. The summed E-state index contributed by atoms with van der Waals surface area (Å²) in [6.45, 7) is 5.15. The molecule has 0 N–H and O–H groups in total. The molecule has 0 aromatic carbocycles. The van der Waals surface area contributed by atoms with Crippen LogP contribution in [0.2, 0.25) is 13.6 Å². The van der Waals surface area contributed by atoms with E-state index >= 15 is 0 Å². The van der Waals surface area contributed by atoms with Crippen molar-refractivity contribution >= 4 is 22.6 Å². The molecule has 0 aliphatic rings. The first-order valence-corrected chi connectivity index (χ1v) is 2.95. The van der Waals surface area contributed by atoms with Crippen molar-refractivity contribution in [3.63, 3.8) is 0 Å². The standard InChI is InChI=1S/C3H8BBr/c1-4(2)3-5/h3H2,1-2H3. The quantitative estimate of drug-likeness (QED) is 0.378. The van der Waals surface area contributed by atoms with Crippen LogP contribution in [-0.4, -0.2) is 11.9 Å². The summed E-state index contributed by atoms with van der Waals surface area (Å²) in [5.74, 6) is 0. The predicted molar refractivity (Wildman–Crippen MR) is 31.3 cm³/mol. The van der Waals surface area contributed by atoms with Gasteiger partial charge in [0, 0.05) is 0 Å². The van der Waals surface area contributed by atoms with Crippen LogP contribution in [0, 0.1) is 0 Å². The molecule has 30 valence electrons. The van der Waals surface area contributed by atoms with Gasteiger partial charge in [0.2, 0.25) is 0 Å². The normalized spacial score (nSPS) is 7.80. The maximum absolute atomic E-state index is 3.31. The van der Waals surface area contributed by atoms with Gasteiger partial charge >= 0.3 is 0 Å². The lowest BCUT2D eigenvalue weighted by atomic mass is 9.58. The minimum absolute atomic E-state index is 0.801. The lowest BCUT2D eigenvalue weighted by molar-refractivity contribution is 1.89. The number of hydrogen-bond acceptors (Lipinski definition) is 0. The first-order valence-electron chi connectivity index (χ1n) is 1.83. The highest BCUT2D eigenvalue weighted by molar-refractivity contribution is 9.09. The molecule has 0 fully saturated rings. The first-order chi connectivity index (χ1) is 2.27. The van der Waals surface area contributed by atoms with E-state index < -0.39 is 0 Å². The SMILES string of the molecule is CB(C)CBr. The summed E-state index contributed by atoms with van der Waals surface area (Å²) in [5.41, 5.74) is 0. The molecule has 0 saturated carbocycles. The summed E-state index contributed by atoms with van der Waals surface area (Å²) in [6, 6.07) is 0. The van der Waals surface area contributed by atoms with E-state index in [9.17, 15) is 0 Å². The topological polar surface area (TPSA) is 0 Å². The second kappa shape index (κ2) is 2.76. The van der Waals surface area contributed by atoms with Crippen molar-refractivity contribution in [2.45, 2.75) is 13.6 Å². The van der Waals surface area contributed by atoms with E-state index in [2.05, 4.69) is 29.6 Å². The smallest absolute Gasteiger partial charge is 0.102 e. The van der Waals surface area contributed by atoms with Crippen LogP contribution in [-0.2, 0) is 0 Å². The van der Waals surface area contributed by atoms with Gasteiger partial charge in [-0.15, -0.1) is 15.9 Å². The van der Waals surface area contributed by atoms with Gasteiger partial charge in [-0.3, -0.25) is 0 Å². The molecule has 0 rings (SSSR count). The van der Waals surface area contributed by atoms with Crippen LogP contribution in [0.5, 0.6) is 0 Å². The van der Waals surface area contributed by atoms with Gasteiger partial charge in [0.15, 0.2) is 0 Å². The van der Waals surface area contributed by atoms with Gasteiger partial charge in [0.1, 0.15) is 6.71 Å². The van der Waals surface area contributed by atoms with Crippen LogP contribution in [0.1, 0.15) is 0 Å². The van der Waals surface area contributed by atoms with Crippen molar-refractivity contribution in [3.05, 3.63) is 0 Å². The third-order valence-electron chi connectivity index (χ3n) is 0.309. The molecule has 0 saturated heterocycles. The second-order valence-corrected chi connectivity index (χ2v) is 2.20. The third kappa shape index (κ3) is 4.54. The zero-order valence-electron chi connectivity index (χ0n) is 3.66. The molecule has 0 aliphatic heterocycles. The maximum atomic E-state index is 3.31. The molecule has 0 heterocycles. The second-order valence-electron chi connectivity index (χ2n) is 1.55. The van der Waals surface area contributed by atoms with E-state index in [0.717, 1.165) is 11.9 Å². The van der Waals surface area contributed by atoms with E-state index in [-0.39, 0.29) is 0 Å². The van der Waals surface area contributed by atoms with E-state index in [4.69, 9.17) is 0 Å². The first kappa shape index (κ1) is 5.54. The molecule has 2 heteroatoms. The van der Waals surface area contributed by atoms with E-state index in [1.807, 2.05) is 0 Å². The fraction of sp³-hybridized carbons (Fsp3) is 1.00. The van der Waals surface area contributed by atoms with E-state index in [0.29, 0.717) is 0 Å². The van der Waals surface area contributed by atoms with Crippen LogP contribution in [0.3, 0.4) is 0 Å². The summed E-state index contributed by atoms with van der Waals surface area (Å²) in [5, 5.41) is 1.12. The number of halogens is 1. The fourth-order valence-corrected chi connectivity index (χ4v) is 0. The van der Waals surface area contributed by atoms with Gasteiger partial charge < -0.3 is 0 Å². The summed E-state index contributed by atoms with van der Waals surface area (Å²) >= 11 is 3.31. The molecule has 0 aromatic rings. The highest BCUT2D eigenvalue weighted by atomic mass is 79.9. The Labute approximate surface area is 42.2 Å². The molecular weight excluding hydrogens is 127 g/mol. The van der Waals surface area contributed by atoms with Crippen LogP contribution in [0.15, 0.2) is 0 Å². The van der Waals surface area contributed by atoms with Gasteiger partial charge in [0.25, 0.3) is 0 Å². The molecule has 5 heavy (non-hydrogen) atoms. The average molecular weight is 135 g/mol. The molecular formula is C3H8BBr. The van der Waals surface area contributed by atoms with Crippen LogP contribution in [0.25, 0.3) is 0 Å². The van der Waals surface area contributed by atoms with Gasteiger partial charge in [-0.2, -0.15) is 0 Å². The Morgan fingerprint density at radius 3 is 1.80 bits per heavy atom. The Morgan fingerprint density at radius 1 is 1.60 bits per heavy atom. The number of alkyl halides is 1. The highest BCUT2D eigenvalue weighted by Crippen LogP contribution is 1.83. The summed E-state index contributed by atoms with van der Waals surface area (Å²) < 4.78 is 0. The number of hydrogen-bond donors (Lipinski definition) is 0. The predicted octanol–water partition coefficient (Wildman–Crippen LogP) is 1.67. The Kier molecular flexibility index (Phi) is 3.07. The Bertz CT molecular complexity index is 20.9. The Hall–Kier alpha value is 0.545. The van der Waals surface area contributed by atoms with E-state index in [1.165, 1.54) is 0 Å². The fourth-order valence-electron chi connectivity index (χ4n) is 0. The molecule has 0 aliphatic carbocycles. The summed E-state index contributed by atoms with van der Waals surface area (Å²) in [6.07, 6.45) is 0. The molecule has 0 aromatic heterocycles. The minimum Gasteiger partial charge on any atom is -0.102 e. The molecule has 0 unspecified atom stereocenters. The minimum atomic E-state index is 0.801. The Balaban J connectivity index is 2.54. The molecule has 0 atom stereocenters. The lowest BCUT2D eigenvalue weighted by Crippen LogP contribution is -1.99. The van der Waals surface area contributed by atoms with Crippen LogP contribution in [0.4, 0.5) is 0 Å². The van der Waals surface area contributed by atoms with Crippen molar-refractivity contribution in [1.82, 2.24) is 0 Å². The summed E-state index contributed by atoms with van der Waals surface area (Å²) in [7, 11) is 0. The van der Waals surface area contributed by atoms with Crippen molar-refractivity contribution < 1.29 is 0 Å².